The molecule has 1 fully saturated rings. The summed E-state index contributed by atoms with van der Waals surface area (Å²) >= 11 is 0. The lowest BCUT2D eigenvalue weighted by atomic mass is 10.0. The first kappa shape index (κ1) is 8.06. The average molecular weight is 142 g/mol. The van der Waals surface area contributed by atoms with Crippen molar-refractivity contribution in [1.29, 1.82) is 0 Å². The van der Waals surface area contributed by atoms with E-state index in [1.54, 1.807) is 0 Å². The van der Waals surface area contributed by atoms with Crippen LogP contribution in [-0.2, 0) is 4.74 Å². The van der Waals surface area contributed by atoms with Crippen LogP contribution in [0.15, 0.2) is 0 Å². The Hall–Kier alpha value is -0.0400. The third-order valence-electron chi connectivity index (χ3n) is 2.15. The molecule has 0 spiro atoms. The van der Waals surface area contributed by atoms with E-state index in [0.717, 1.165) is 6.61 Å². The molecule has 1 rings (SSSR count). The van der Waals surface area contributed by atoms with Crippen LogP contribution in [-0.4, -0.2) is 12.7 Å². The van der Waals surface area contributed by atoms with E-state index in [-0.39, 0.29) is 0 Å². The van der Waals surface area contributed by atoms with Crippen molar-refractivity contribution in [3.63, 3.8) is 0 Å². The van der Waals surface area contributed by atoms with Gasteiger partial charge in [0, 0.05) is 6.61 Å². The molecule has 0 radical (unpaired) electrons. The zero-order valence-electron chi connectivity index (χ0n) is 6.94. The first-order valence-corrected chi connectivity index (χ1v) is 4.55. The first-order valence-electron chi connectivity index (χ1n) is 4.55. The Morgan fingerprint density at radius 2 is 2.30 bits per heavy atom. The molecule has 0 saturated carbocycles. The number of hydrogen-bond acceptors (Lipinski definition) is 1. The van der Waals surface area contributed by atoms with Gasteiger partial charge in [-0.05, 0) is 25.7 Å². The number of rotatable bonds is 3. The third-order valence-corrected chi connectivity index (χ3v) is 2.15. The fourth-order valence-corrected chi connectivity index (χ4v) is 1.47. The molecule has 0 amide bonds. The van der Waals surface area contributed by atoms with E-state index in [4.69, 9.17) is 4.74 Å². The van der Waals surface area contributed by atoms with Gasteiger partial charge in [0.1, 0.15) is 0 Å². The Morgan fingerprint density at radius 3 is 2.90 bits per heavy atom. The van der Waals surface area contributed by atoms with Crippen LogP contribution in [0.25, 0.3) is 0 Å². The van der Waals surface area contributed by atoms with Crippen molar-refractivity contribution in [2.24, 2.45) is 0 Å². The van der Waals surface area contributed by atoms with Crippen molar-refractivity contribution in [3.8, 4) is 0 Å². The van der Waals surface area contributed by atoms with Crippen LogP contribution in [0.3, 0.4) is 0 Å². The van der Waals surface area contributed by atoms with Crippen molar-refractivity contribution in [2.45, 2.75) is 51.6 Å². The summed E-state index contributed by atoms with van der Waals surface area (Å²) in [6.45, 7) is 3.25. The van der Waals surface area contributed by atoms with Gasteiger partial charge in [-0.2, -0.15) is 0 Å². The fourth-order valence-electron chi connectivity index (χ4n) is 1.47. The Morgan fingerprint density at radius 1 is 1.40 bits per heavy atom. The van der Waals surface area contributed by atoms with E-state index >= 15 is 0 Å². The van der Waals surface area contributed by atoms with Gasteiger partial charge in [-0.15, -0.1) is 0 Å². The van der Waals surface area contributed by atoms with Gasteiger partial charge in [-0.1, -0.05) is 19.8 Å². The summed E-state index contributed by atoms with van der Waals surface area (Å²) in [6, 6.07) is 0. The Bertz CT molecular complexity index is 74.8. The second-order valence-corrected chi connectivity index (χ2v) is 3.13. The predicted molar refractivity (Wildman–Crippen MR) is 43.1 cm³/mol. The summed E-state index contributed by atoms with van der Waals surface area (Å²) in [7, 11) is 0. The Balaban J connectivity index is 2.02. The minimum atomic E-state index is 0.605. The maximum absolute atomic E-state index is 5.58. The SMILES string of the molecule is CCCCC1CCCCO1. The van der Waals surface area contributed by atoms with Gasteiger partial charge in [0.15, 0.2) is 0 Å². The zero-order chi connectivity index (χ0) is 7.23. The molecular formula is C9H18O. The van der Waals surface area contributed by atoms with Gasteiger partial charge in [0.25, 0.3) is 0 Å². The van der Waals surface area contributed by atoms with Crippen molar-refractivity contribution in [2.75, 3.05) is 6.61 Å². The summed E-state index contributed by atoms with van der Waals surface area (Å²) in [5, 5.41) is 0. The third kappa shape index (κ3) is 2.70. The lowest BCUT2D eigenvalue weighted by molar-refractivity contribution is 0.0100. The molecule has 0 aliphatic carbocycles. The van der Waals surface area contributed by atoms with Crippen LogP contribution >= 0.6 is 0 Å². The largest absolute Gasteiger partial charge is 0.378 e. The van der Waals surface area contributed by atoms with Crippen molar-refractivity contribution >= 4 is 0 Å². The van der Waals surface area contributed by atoms with Crippen molar-refractivity contribution in [3.05, 3.63) is 0 Å². The topological polar surface area (TPSA) is 9.23 Å². The maximum atomic E-state index is 5.58. The smallest absolute Gasteiger partial charge is 0.0575 e. The maximum Gasteiger partial charge on any atom is 0.0575 e. The van der Waals surface area contributed by atoms with Gasteiger partial charge in [0.2, 0.25) is 0 Å². The van der Waals surface area contributed by atoms with E-state index < -0.39 is 0 Å². The Labute approximate surface area is 63.8 Å². The standard InChI is InChI=1S/C9H18O/c1-2-3-6-9-7-4-5-8-10-9/h9H,2-8H2,1H3. The average Bonchev–Trinajstić information content (AvgIpc) is 2.03. The molecule has 60 valence electrons. The molecule has 0 aromatic heterocycles. The number of ether oxygens (including phenoxy) is 1. The Kier molecular flexibility index (Phi) is 3.81. The van der Waals surface area contributed by atoms with Gasteiger partial charge >= 0.3 is 0 Å². The van der Waals surface area contributed by atoms with E-state index in [1.807, 2.05) is 0 Å². The predicted octanol–water partition coefficient (Wildman–Crippen LogP) is 2.75. The number of unbranched alkanes of at least 4 members (excludes halogenated alkanes) is 1. The molecule has 1 unspecified atom stereocenters. The molecule has 1 atom stereocenters. The molecule has 0 N–H and O–H groups in total. The molecular weight excluding hydrogens is 124 g/mol. The monoisotopic (exact) mass is 142 g/mol. The van der Waals surface area contributed by atoms with E-state index in [0.29, 0.717) is 6.10 Å². The van der Waals surface area contributed by atoms with Crippen molar-refractivity contribution in [1.82, 2.24) is 0 Å². The van der Waals surface area contributed by atoms with E-state index in [2.05, 4.69) is 6.92 Å². The molecule has 10 heavy (non-hydrogen) atoms. The molecule has 1 aliphatic heterocycles. The molecule has 1 aliphatic rings. The van der Waals surface area contributed by atoms with Gasteiger partial charge < -0.3 is 4.74 Å². The second-order valence-electron chi connectivity index (χ2n) is 3.13. The highest BCUT2D eigenvalue weighted by molar-refractivity contribution is 4.62. The summed E-state index contributed by atoms with van der Waals surface area (Å²) in [6.07, 6.45) is 8.51. The molecule has 1 saturated heterocycles. The van der Waals surface area contributed by atoms with Crippen LogP contribution in [0.5, 0.6) is 0 Å². The van der Waals surface area contributed by atoms with Gasteiger partial charge in [-0.25, -0.2) is 0 Å². The van der Waals surface area contributed by atoms with Gasteiger partial charge in [-0.3, -0.25) is 0 Å². The lowest BCUT2D eigenvalue weighted by Gasteiger charge is -2.21. The highest BCUT2D eigenvalue weighted by Gasteiger charge is 2.11. The fraction of sp³-hybridized carbons (Fsp3) is 1.00. The quantitative estimate of drug-likeness (QED) is 0.588. The van der Waals surface area contributed by atoms with E-state index in [1.165, 1.54) is 38.5 Å². The molecule has 1 heterocycles. The first-order chi connectivity index (χ1) is 4.93. The molecule has 1 nitrogen and oxygen atoms in total. The van der Waals surface area contributed by atoms with Crippen LogP contribution in [0.1, 0.15) is 45.4 Å². The summed E-state index contributed by atoms with van der Waals surface area (Å²) in [5.41, 5.74) is 0. The number of hydrogen-bond donors (Lipinski definition) is 0. The minimum Gasteiger partial charge on any atom is -0.378 e. The van der Waals surface area contributed by atoms with E-state index in [9.17, 15) is 0 Å². The molecule has 0 bridgehead atoms. The summed E-state index contributed by atoms with van der Waals surface area (Å²) < 4.78 is 5.58. The molecule has 1 heteroatoms. The van der Waals surface area contributed by atoms with Crippen molar-refractivity contribution < 1.29 is 4.74 Å². The summed E-state index contributed by atoms with van der Waals surface area (Å²) in [4.78, 5) is 0. The zero-order valence-corrected chi connectivity index (χ0v) is 6.94. The van der Waals surface area contributed by atoms with Crippen LogP contribution < -0.4 is 0 Å². The molecule has 0 aromatic carbocycles. The van der Waals surface area contributed by atoms with Crippen LogP contribution in [0, 0.1) is 0 Å². The van der Waals surface area contributed by atoms with Crippen LogP contribution in [0.2, 0.25) is 0 Å². The highest BCUT2D eigenvalue weighted by Crippen LogP contribution is 2.17. The second kappa shape index (κ2) is 4.73. The normalized spacial score (nSPS) is 26.7. The summed E-state index contributed by atoms with van der Waals surface area (Å²) in [5.74, 6) is 0. The highest BCUT2D eigenvalue weighted by atomic mass is 16.5. The van der Waals surface area contributed by atoms with Gasteiger partial charge in [0.05, 0.1) is 6.10 Å². The van der Waals surface area contributed by atoms with Crippen LogP contribution in [0.4, 0.5) is 0 Å². The lowest BCUT2D eigenvalue weighted by Crippen LogP contribution is -2.18. The minimum absolute atomic E-state index is 0.605. The molecule has 0 aromatic rings.